The zero-order valence-electron chi connectivity index (χ0n) is 11.0. The fourth-order valence-electron chi connectivity index (χ4n) is 2.16. The van der Waals surface area contributed by atoms with Gasteiger partial charge >= 0.3 is 0 Å². The zero-order chi connectivity index (χ0) is 14.1. The first-order valence-corrected chi connectivity index (χ1v) is 8.65. The molecule has 0 aliphatic carbocycles. The number of benzene rings is 1. The molecule has 0 radical (unpaired) electrons. The number of thiophene rings is 1. The van der Waals surface area contributed by atoms with E-state index in [0.717, 1.165) is 27.8 Å². The van der Waals surface area contributed by atoms with Crippen molar-refractivity contribution in [3.05, 3.63) is 44.6 Å². The van der Waals surface area contributed by atoms with E-state index in [-0.39, 0.29) is 0 Å². The van der Waals surface area contributed by atoms with E-state index in [1.165, 1.54) is 10.4 Å². The van der Waals surface area contributed by atoms with Crippen LogP contribution < -0.4 is 5.73 Å². The third-order valence-electron chi connectivity index (χ3n) is 2.97. The number of anilines is 1. The maximum Gasteiger partial charge on any atom is 0.181 e. The summed E-state index contributed by atoms with van der Waals surface area (Å²) in [5.74, 6) is 0. The average Bonchev–Trinajstić information content (AvgIpc) is 2.93. The summed E-state index contributed by atoms with van der Waals surface area (Å²) < 4.78 is 2.32. The highest BCUT2D eigenvalue weighted by atomic mass is 79.9. The Morgan fingerprint density at radius 3 is 2.90 bits per heavy atom. The number of thiazole rings is 1. The van der Waals surface area contributed by atoms with Gasteiger partial charge in [-0.25, -0.2) is 4.98 Å². The Hall–Kier alpha value is -0.950. The molecule has 0 aliphatic rings. The first kappa shape index (κ1) is 14.0. The molecule has 0 saturated carbocycles. The van der Waals surface area contributed by atoms with Gasteiger partial charge in [0.2, 0.25) is 0 Å². The van der Waals surface area contributed by atoms with Gasteiger partial charge in [-0.05, 0) is 46.7 Å². The lowest BCUT2D eigenvalue weighted by molar-refractivity contribution is 0.322. The predicted octanol–water partition coefficient (Wildman–Crippen LogP) is 4.33. The molecule has 2 heterocycles. The van der Waals surface area contributed by atoms with Gasteiger partial charge in [0.05, 0.1) is 10.2 Å². The Kier molecular flexibility index (Phi) is 4.07. The van der Waals surface area contributed by atoms with Gasteiger partial charge in [-0.2, -0.15) is 0 Å². The van der Waals surface area contributed by atoms with Crippen molar-refractivity contribution >= 4 is 54.0 Å². The Labute approximate surface area is 134 Å². The summed E-state index contributed by atoms with van der Waals surface area (Å²) in [5.41, 5.74) is 8.02. The lowest BCUT2D eigenvalue weighted by Crippen LogP contribution is -2.16. The summed E-state index contributed by atoms with van der Waals surface area (Å²) in [6.45, 7) is 1.88. The number of nitrogen functional groups attached to an aromatic ring is 1. The first-order valence-electron chi connectivity index (χ1n) is 6.16. The molecule has 2 N–H and O–H groups in total. The van der Waals surface area contributed by atoms with E-state index in [9.17, 15) is 0 Å². The van der Waals surface area contributed by atoms with Crippen molar-refractivity contribution in [1.29, 1.82) is 0 Å². The van der Waals surface area contributed by atoms with Gasteiger partial charge in [0.25, 0.3) is 0 Å². The quantitative estimate of drug-likeness (QED) is 0.745. The number of nitrogens with zero attached hydrogens (tertiary/aromatic N) is 2. The standard InChI is InChI=1S/C14H14BrN3S2/c1-18(7-11-5-10(15)8-19-11)6-9-2-3-12-13(4-9)20-14(16)17-12/h2-5,8H,6-7H2,1H3,(H2,16,17). The molecule has 20 heavy (non-hydrogen) atoms. The fraction of sp³-hybridized carbons (Fsp3) is 0.214. The van der Waals surface area contributed by atoms with Gasteiger partial charge in [0, 0.05) is 27.8 Å². The average molecular weight is 368 g/mol. The minimum atomic E-state index is 0.633. The van der Waals surface area contributed by atoms with Crippen LogP contribution in [0.5, 0.6) is 0 Å². The van der Waals surface area contributed by atoms with Crippen molar-refractivity contribution in [2.45, 2.75) is 13.1 Å². The van der Waals surface area contributed by atoms with E-state index < -0.39 is 0 Å². The number of halogens is 1. The fourth-order valence-corrected chi connectivity index (χ4v) is 4.48. The number of fused-ring (bicyclic) bond motifs is 1. The van der Waals surface area contributed by atoms with Crippen LogP contribution in [0.1, 0.15) is 10.4 Å². The number of hydrogen-bond donors (Lipinski definition) is 1. The van der Waals surface area contributed by atoms with Gasteiger partial charge in [0.15, 0.2) is 5.13 Å². The highest BCUT2D eigenvalue weighted by molar-refractivity contribution is 9.10. The molecule has 0 unspecified atom stereocenters. The minimum absolute atomic E-state index is 0.633. The lowest BCUT2D eigenvalue weighted by atomic mass is 10.2. The molecule has 2 aromatic heterocycles. The molecule has 0 aliphatic heterocycles. The third-order valence-corrected chi connectivity index (χ3v) is 5.50. The van der Waals surface area contributed by atoms with Crippen LogP contribution in [-0.2, 0) is 13.1 Å². The van der Waals surface area contributed by atoms with Crippen LogP contribution >= 0.6 is 38.6 Å². The molecule has 6 heteroatoms. The summed E-state index contributed by atoms with van der Waals surface area (Å²) in [6.07, 6.45) is 0. The normalized spacial score (nSPS) is 11.6. The SMILES string of the molecule is CN(Cc1ccc2nc(N)sc2c1)Cc1cc(Br)cs1. The molecule has 0 fully saturated rings. The van der Waals surface area contributed by atoms with Gasteiger partial charge in [-0.1, -0.05) is 17.4 Å². The second-order valence-electron chi connectivity index (χ2n) is 4.76. The van der Waals surface area contributed by atoms with Crippen LogP contribution in [0.4, 0.5) is 5.13 Å². The van der Waals surface area contributed by atoms with Crippen LogP contribution in [0.3, 0.4) is 0 Å². The first-order chi connectivity index (χ1) is 9.60. The van der Waals surface area contributed by atoms with E-state index in [1.54, 1.807) is 22.7 Å². The highest BCUT2D eigenvalue weighted by Crippen LogP contribution is 2.25. The smallest absolute Gasteiger partial charge is 0.181 e. The summed E-state index contributed by atoms with van der Waals surface area (Å²) >= 11 is 6.82. The van der Waals surface area contributed by atoms with Crippen molar-refractivity contribution in [3.8, 4) is 0 Å². The van der Waals surface area contributed by atoms with Gasteiger partial charge in [0.1, 0.15) is 0 Å². The molecule has 0 bridgehead atoms. The van der Waals surface area contributed by atoms with Crippen molar-refractivity contribution in [2.75, 3.05) is 12.8 Å². The molecular formula is C14H14BrN3S2. The zero-order valence-corrected chi connectivity index (χ0v) is 14.2. The number of rotatable bonds is 4. The van der Waals surface area contributed by atoms with Crippen molar-refractivity contribution < 1.29 is 0 Å². The highest BCUT2D eigenvalue weighted by Gasteiger charge is 2.06. The van der Waals surface area contributed by atoms with Crippen molar-refractivity contribution in [1.82, 2.24) is 9.88 Å². The van der Waals surface area contributed by atoms with Crippen LogP contribution in [0.15, 0.2) is 34.1 Å². The summed E-state index contributed by atoms with van der Waals surface area (Å²) in [4.78, 5) is 7.96. The van der Waals surface area contributed by atoms with Crippen LogP contribution in [-0.4, -0.2) is 16.9 Å². The lowest BCUT2D eigenvalue weighted by Gasteiger charge is -2.15. The Balaban J connectivity index is 1.71. The van der Waals surface area contributed by atoms with Gasteiger partial charge in [-0.3, -0.25) is 4.90 Å². The molecule has 104 valence electrons. The maximum atomic E-state index is 5.74. The van der Waals surface area contributed by atoms with Crippen molar-refractivity contribution in [2.24, 2.45) is 0 Å². The monoisotopic (exact) mass is 367 g/mol. The van der Waals surface area contributed by atoms with Gasteiger partial charge in [-0.15, -0.1) is 11.3 Å². The molecule has 0 saturated heterocycles. The van der Waals surface area contributed by atoms with E-state index in [0.29, 0.717) is 5.13 Å². The molecule has 0 atom stereocenters. The predicted molar refractivity (Wildman–Crippen MR) is 91.2 cm³/mol. The topological polar surface area (TPSA) is 42.2 Å². The Morgan fingerprint density at radius 2 is 2.15 bits per heavy atom. The largest absolute Gasteiger partial charge is 0.375 e. The summed E-state index contributed by atoms with van der Waals surface area (Å²) in [7, 11) is 2.14. The maximum absolute atomic E-state index is 5.74. The minimum Gasteiger partial charge on any atom is -0.375 e. The Bertz CT molecular complexity index is 735. The molecule has 0 amide bonds. The molecule has 0 spiro atoms. The Morgan fingerprint density at radius 1 is 1.30 bits per heavy atom. The third kappa shape index (κ3) is 3.20. The summed E-state index contributed by atoms with van der Waals surface area (Å²) in [6, 6.07) is 8.54. The summed E-state index contributed by atoms with van der Waals surface area (Å²) in [5, 5.41) is 2.75. The van der Waals surface area contributed by atoms with Crippen LogP contribution in [0.25, 0.3) is 10.2 Å². The molecule has 1 aromatic carbocycles. The van der Waals surface area contributed by atoms with Crippen LogP contribution in [0, 0.1) is 0 Å². The molecule has 3 rings (SSSR count). The molecule has 3 aromatic rings. The van der Waals surface area contributed by atoms with Crippen LogP contribution in [0.2, 0.25) is 0 Å². The second-order valence-corrected chi connectivity index (χ2v) is 7.73. The van der Waals surface area contributed by atoms with E-state index in [1.807, 2.05) is 6.07 Å². The molecule has 3 nitrogen and oxygen atoms in total. The van der Waals surface area contributed by atoms with E-state index in [2.05, 4.69) is 56.4 Å². The number of nitrogens with two attached hydrogens (primary N) is 1. The van der Waals surface area contributed by atoms with E-state index >= 15 is 0 Å². The van der Waals surface area contributed by atoms with Gasteiger partial charge < -0.3 is 5.73 Å². The van der Waals surface area contributed by atoms with E-state index in [4.69, 9.17) is 5.73 Å². The second kappa shape index (κ2) is 5.81. The molecular weight excluding hydrogens is 354 g/mol. The van der Waals surface area contributed by atoms with Crippen molar-refractivity contribution in [3.63, 3.8) is 0 Å². The number of hydrogen-bond acceptors (Lipinski definition) is 5. The number of aromatic nitrogens is 1.